The van der Waals surface area contributed by atoms with Crippen molar-refractivity contribution in [2.75, 3.05) is 0 Å². The number of hydrogen-bond acceptors (Lipinski definition) is 3. The van der Waals surface area contributed by atoms with Gasteiger partial charge in [-0.05, 0) is 38.1 Å². The number of benzene rings is 2. The first-order valence-electron chi connectivity index (χ1n) is 8.48. The molecule has 0 aliphatic carbocycles. The van der Waals surface area contributed by atoms with Crippen molar-refractivity contribution in [2.45, 2.75) is 23.6 Å². The van der Waals surface area contributed by atoms with E-state index in [1.807, 2.05) is 74.5 Å². The van der Waals surface area contributed by atoms with Crippen LogP contribution in [0.15, 0.2) is 80.0 Å². The van der Waals surface area contributed by atoms with Crippen LogP contribution in [0.3, 0.4) is 0 Å². The number of nitrogens with zero attached hydrogens (tertiary/aromatic N) is 2. The van der Waals surface area contributed by atoms with E-state index in [1.54, 1.807) is 0 Å². The second kappa shape index (κ2) is 6.85. The highest BCUT2D eigenvalue weighted by atomic mass is 32.2. The van der Waals surface area contributed by atoms with E-state index < -0.39 is 0 Å². The molecule has 27 heavy (non-hydrogen) atoms. The highest BCUT2D eigenvalue weighted by Crippen LogP contribution is 2.27. The van der Waals surface area contributed by atoms with Crippen molar-refractivity contribution in [1.82, 2.24) is 19.6 Å². The highest BCUT2D eigenvalue weighted by molar-refractivity contribution is 7.99. The summed E-state index contributed by atoms with van der Waals surface area (Å²) >= 11 is 1.20. The third kappa shape index (κ3) is 3.06. The number of nitrogens with one attached hydrogen (secondary N) is 2. The van der Waals surface area contributed by atoms with Gasteiger partial charge in [-0.25, -0.2) is 9.36 Å². The molecule has 2 aromatic heterocycles. The zero-order valence-electron chi connectivity index (χ0n) is 14.9. The Hall–Kier alpha value is -3.19. The third-order valence-corrected chi connectivity index (χ3v) is 5.64. The van der Waals surface area contributed by atoms with Crippen molar-refractivity contribution >= 4 is 11.8 Å². The van der Waals surface area contributed by atoms with Crippen molar-refractivity contribution in [3.8, 4) is 11.4 Å². The SMILES string of the molecule is Cc1[nH]n(-c2ccccc2)c(=O)c1Sc1c(C)[nH]n(-c2ccccc2)c1=O. The van der Waals surface area contributed by atoms with Gasteiger partial charge in [-0.1, -0.05) is 48.2 Å². The molecule has 0 bridgehead atoms. The minimum absolute atomic E-state index is 0.171. The van der Waals surface area contributed by atoms with Crippen LogP contribution in [0.2, 0.25) is 0 Å². The molecule has 2 N–H and O–H groups in total. The van der Waals surface area contributed by atoms with Gasteiger partial charge in [0.15, 0.2) is 0 Å². The molecule has 136 valence electrons. The topological polar surface area (TPSA) is 75.6 Å². The maximum Gasteiger partial charge on any atom is 0.285 e. The molecule has 4 aromatic rings. The molecule has 0 fully saturated rings. The summed E-state index contributed by atoms with van der Waals surface area (Å²) in [5, 5.41) is 6.18. The Morgan fingerprint density at radius 2 is 1.04 bits per heavy atom. The minimum atomic E-state index is -0.171. The van der Waals surface area contributed by atoms with Crippen LogP contribution in [0.4, 0.5) is 0 Å². The third-order valence-electron chi connectivity index (χ3n) is 4.27. The van der Waals surface area contributed by atoms with E-state index in [9.17, 15) is 9.59 Å². The predicted octanol–water partition coefficient (Wildman–Crippen LogP) is 3.41. The number of H-pyrrole nitrogens is 2. The van der Waals surface area contributed by atoms with E-state index in [1.165, 1.54) is 21.1 Å². The van der Waals surface area contributed by atoms with E-state index in [2.05, 4.69) is 10.2 Å². The van der Waals surface area contributed by atoms with Gasteiger partial charge in [0, 0.05) is 11.4 Å². The van der Waals surface area contributed by atoms with Gasteiger partial charge >= 0.3 is 0 Å². The Morgan fingerprint density at radius 3 is 1.41 bits per heavy atom. The Bertz CT molecular complexity index is 1100. The summed E-state index contributed by atoms with van der Waals surface area (Å²) in [4.78, 5) is 26.8. The summed E-state index contributed by atoms with van der Waals surface area (Å²) < 4.78 is 2.99. The fourth-order valence-electron chi connectivity index (χ4n) is 2.92. The first-order valence-corrected chi connectivity index (χ1v) is 9.30. The molecule has 0 unspecified atom stereocenters. The van der Waals surface area contributed by atoms with Gasteiger partial charge in [-0.15, -0.1) is 0 Å². The molecule has 0 saturated carbocycles. The van der Waals surface area contributed by atoms with Gasteiger partial charge in [0.2, 0.25) is 0 Å². The maximum atomic E-state index is 12.9. The highest BCUT2D eigenvalue weighted by Gasteiger charge is 2.19. The maximum absolute atomic E-state index is 12.9. The Morgan fingerprint density at radius 1 is 0.667 bits per heavy atom. The lowest BCUT2D eigenvalue weighted by molar-refractivity contribution is 0.834. The number of aromatic nitrogens is 4. The van der Waals surface area contributed by atoms with Crippen molar-refractivity contribution in [3.05, 3.63) is 92.8 Å². The average Bonchev–Trinajstić information content (AvgIpc) is 3.14. The van der Waals surface area contributed by atoms with E-state index >= 15 is 0 Å². The van der Waals surface area contributed by atoms with Crippen molar-refractivity contribution < 1.29 is 0 Å². The van der Waals surface area contributed by atoms with Gasteiger partial charge in [0.25, 0.3) is 11.1 Å². The van der Waals surface area contributed by atoms with Crippen LogP contribution >= 0.6 is 11.8 Å². The normalized spacial score (nSPS) is 11.0. The Balaban J connectivity index is 1.76. The molecule has 0 saturated heterocycles. The van der Waals surface area contributed by atoms with E-state index in [-0.39, 0.29) is 11.1 Å². The number of rotatable bonds is 4. The average molecular weight is 378 g/mol. The summed E-state index contributed by atoms with van der Waals surface area (Å²) in [5.74, 6) is 0. The molecule has 7 heteroatoms. The van der Waals surface area contributed by atoms with Gasteiger partial charge in [-0.3, -0.25) is 19.8 Å². The van der Waals surface area contributed by atoms with Crippen LogP contribution in [0.1, 0.15) is 11.4 Å². The van der Waals surface area contributed by atoms with Crippen LogP contribution in [0, 0.1) is 13.8 Å². The fraction of sp³-hybridized carbons (Fsp3) is 0.100. The number of aromatic amines is 2. The van der Waals surface area contributed by atoms with Gasteiger partial charge in [0.1, 0.15) is 9.79 Å². The van der Waals surface area contributed by atoms with Crippen molar-refractivity contribution in [1.29, 1.82) is 0 Å². The number of para-hydroxylation sites is 2. The number of hydrogen-bond donors (Lipinski definition) is 2. The van der Waals surface area contributed by atoms with Crippen molar-refractivity contribution in [2.24, 2.45) is 0 Å². The molecule has 0 amide bonds. The molecule has 0 spiro atoms. The van der Waals surface area contributed by atoms with E-state index in [0.29, 0.717) is 9.79 Å². The van der Waals surface area contributed by atoms with E-state index in [4.69, 9.17) is 0 Å². The standard InChI is InChI=1S/C20H18N4O2S/c1-13-17(19(25)23(21-13)15-9-5-3-6-10-15)27-18-14(2)22-24(20(18)26)16-11-7-4-8-12-16/h3-12,21-22H,1-2H3. The van der Waals surface area contributed by atoms with Gasteiger partial charge in [-0.2, -0.15) is 0 Å². The first-order chi connectivity index (χ1) is 13.1. The molecular weight excluding hydrogens is 360 g/mol. The minimum Gasteiger partial charge on any atom is -0.294 e. The molecule has 0 atom stereocenters. The summed E-state index contributed by atoms with van der Waals surface area (Å²) in [6.45, 7) is 3.67. The van der Waals surface area contributed by atoms with E-state index in [0.717, 1.165) is 22.8 Å². The fourth-order valence-corrected chi connectivity index (χ4v) is 3.88. The van der Waals surface area contributed by atoms with Gasteiger partial charge < -0.3 is 0 Å². The molecule has 0 aliphatic rings. The van der Waals surface area contributed by atoms with Gasteiger partial charge in [0.05, 0.1) is 11.4 Å². The largest absolute Gasteiger partial charge is 0.294 e. The lowest BCUT2D eigenvalue weighted by Crippen LogP contribution is -2.17. The Kier molecular flexibility index (Phi) is 4.37. The predicted molar refractivity (Wildman–Crippen MR) is 106 cm³/mol. The molecule has 2 heterocycles. The Labute approximate surface area is 159 Å². The molecule has 0 aliphatic heterocycles. The first kappa shape index (κ1) is 17.2. The summed E-state index contributed by atoms with van der Waals surface area (Å²) in [7, 11) is 0. The second-order valence-electron chi connectivity index (χ2n) is 6.19. The van der Waals surface area contributed by atoms with Crippen LogP contribution < -0.4 is 11.1 Å². The zero-order chi connectivity index (χ0) is 19.0. The smallest absolute Gasteiger partial charge is 0.285 e. The van der Waals surface area contributed by atoms with Crippen molar-refractivity contribution in [3.63, 3.8) is 0 Å². The summed E-state index contributed by atoms with van der Waals surface area (Å²) in [6.07, 6.45) is 0. The molecule has 4 rings (SSSR count). The van der Waals surface area contributed by atoms with Crippen LogP contribution in [-0.2, 0) is 0 Å². The zero-order valence-corrected chi connectivity index (χ0v) is 15.7. The monoisotopic (exact) mass is 378 g/mol. The lowest BCUT2D eigenvalue weighted by Gasteiger charge is -1.99. The van der Waals surface area contributed by atoms with Crippen LogP contribution in [0.5, 0.6) is 0 Å². The van der Waals surface area contributed by atoms with Crippen LogP contribution in [-0.4, -0.2) is 19.6 Å². The quantitative estimate of drug-likeness (QED) is 0.571. The summed E-state index contributed by atoms with van der Waals surface area (Å²) in [5.41, 5.74) is 2.61. The molecule has 6 nitrogen and oxygen atoms in total. The summed E-state index contributed by atoms with van der Waals surface area (Å²) in [6, 6.07) is 18.7. The number of aryl methyl sites for hydroxylation is 2. The molecule has 2 aromatic carbocycles. The molecule has 0 radical (unpaired) electrons. The second-order valence-corrected chi connectivity index (χ2v) is 7.21. The lowest BCUT2D eigenvalue weighted by atomic mass is 10.3. The van der Waals surface area contributed by atoms with Crippen LogP contribution in [0.25, 0.3) is 11.4 Å². The molecular formula is C20H18N4O2S.